The molecule has 1 aromatic carbocycles. The predicted octanol–water partition coefficient (Wildman–Crippen LogP) is 1.16. The molecule has 0 saturated heterocycles. The van der Waals surface area contributed by atoms with E-state index in [1.54, 1.807) is 0 Å². The SMILES string of the molecule is COC(=O)C(C(=O)OC)[C@@H](C[N+](=O)[O-])c1ccc(OC)cc1F. The second-order valence-corrected chi connectivity index (χ2v) is 4.53. The van der Waals surface area contributed by atoms with E-state index in [1.165, 1.54) is 19.2 Å². The number of ether oxygens (including phenoxy) is 3. The number of rotatable bonds is 7. The lowest BCUT2D eigenvalue weighted by Crippen LogP contribution is -2.36. The third-order valence-electron chi connectivity index (χ3n) is 3.27. The van der Waals surface area contributed by atoms with Crippen LogP contribution in [0.15, 0.2) is 18.2 Å². The highest BCUT2D eigenvalue weighted by molar-refractivity contribution is 5.96. The Hall–Kier alpha value is -2.71. The van der Waals surface area contributed by atoms with Gasteiger partial charge in [0, 0.05) is 11.0 Å². The number of nitro groups is 1. The van der Waals surface area contributed by atoms with Crippen molar-refractivity contribution >= 4 is 11.9 Å². The molecule has 0 aliphatic carbocycles. The summed E-state index contributed by atoms with van der Waals surface area (Å²) < 4.78 is 28.1. The summed E-state index contributed by atoms with van der Waals surface area (Å²) in [6.45, 7) is -0.849. The first-order valence-electron chi connectivity index (χ1n) is 6.46. The van der Waals surface area contributed by atoms with Crippen LogP contribution in [0.1, 0.15) is 11.5 Å². The molecule has 0 spiro atoms. The van der Waals surface area contributed by atoms with Crippen LogP contribution in [-0.4, -0.2) is 44.7 Å². The van der Waals surface area contributed by atoms with Crippen LogP contribution < -0.4 is 4.74 Å². The van der Waals surface area contributed by atoms with Gasteiger partial charge in [0.1, 0.15) is 11.6 Å². The molecule has 0 aromatic heterocycles. The normalized spacial score (nSPS) is 11.7. The molecule has 0 radical (unpaired) electrons. The zero-order valence-electron chi connectivity index (χ0n) is 12.8. The average Bonchev–Trinajstić information content (AvgIpc) is 2.53. The zero-order valence-corrected chi connectivity index (χ0v) is 12.8. The summed E-state index contributed by atoms with van der Waals surface area (Å²) in [6, 6.07) is 3.60. The summed E-state index contributed by atoms with van der Waals surface area (Å²) >= 11 is 0. The fourth-order valence-electron chi connectivity index (χ4n) is 2.16. The molecule has 0 aliphatic heterocycles. The molecule has 1 aromatic rings. The Bertz CT molecular complexity index is 589. The summed E-state index contributed by atoms with van der Waals surface area (Å²) in [5.41, 5.74) is -0.177. The summed E-state index contributed by atoms with van der Waals surface area (Å²) in [6.07, 6.45) is 0. The third kappa shape index (κ3) is 4.38. The molecule has 0 N–H and O–H groups in total. The van der Waals surface area contributed by atoms with Crippen molar-refractivity contribution in [2.24, 2.45) is 5.92 Å². The molecule has 0 fully saturated rings. The van der Waals surface area contributed by atoms with Crippen LogP contribution in [0.3, 0.4) is 0 Å². The van der Waals surface area contributed by atoms with Gasteiger partial charge in [0.05, 0.1) is 27.2 Å². The first kappa shape index (κ1) is 18.3. The fourth-order valence-corrected chi connectivity index (χ4v) is 2.16. The fraction of sp³-hybridized carbons (Fsp3) is 0.429. The van der Waals surface area contributed by atoms with Crippen molar-refractivity contribution in [3.05, 3.63) is 39.7 Å². The van der Waals surface area contributed by atoms with Crippen LogP contribution in [0.25, 0.3) is 0 Å². The Morgan fingerprint density at radius 3 is 2.17 bits per heavy atom. The first-order chi connectivity index (χ1) is 10.8. The van der Waals surface area contributed by atoms with Crippen LogP contribution in [0.2, 0.25) is 0 Å². The lowest BCUT2D eigenvalue weighted by atomic mass is 9.85. The summed E-state index contributed by atoms with van der Waals surface area (Å²) in [5, 5.41) is 10.9. The van der Waals surface area contributed by atoms with Crippen molar-refractivity contribution < 1.29 is 33.1 Å². The summed E-state index contributed by atoms with van der Waals surface area (Å²) in [7, 11) is 3.37. The standard InChI is InChI=1S/C14H16FNO7/c1-21-8-4-5-9(11(15)6-8)10(7-16(19)20)12(13(17)22-2)14(18)23-3/h4-6,10,12H,7H2,1-3H3/t10-/m0/s1. The molecule has 23 heavy (non-hydrogen) atoms. The largest absolute Gasteiger partial charge is 0.497 e. The van der Waals surface area contributed by atoms with E-state index in [2.05, 4.69) is 9.47 Å². The molecule has 1 rings (SSSR count). The highest BCUT2D eigenvalue weighted by Gasteiger charge is 2.42. The number of benzene rings is 1. The lowest BCUT2D eigenvalue weighted by Gasteiger charge is -2.21. The molecule has 1 atom stereocenters. The van der Waals surface area contributed by atoms with E-state index in [1.807, 2.05) is 0 Å². The van der Waals surface area contributed by atoms with Crippen LogP contribution in [0, 0.1) is 21.8 Å². The number of hydrogen-bond acceptors (Lipinski definition) is 7. The van der Waals surface area contributed by atoms with Crippen LogP contribution >= 0.6 is 0 Å². The van der Waals surface area contributed by atoms with Crippen LogP contribution in [0.4, 0.5) is 4.39 Å². The van der Waals surface area contributed by atoms with Crippen molar-refractivity contribution in [1.82, 2.24) is 0 Å². The average molecular weight is 329 g/mol. The van der Waals surface area contributed by atoms with E-state index in [4.69, 9.17) is 4.74 Å². The Morgan fingerprint density at radius 2 is 1.78 bits per heavy atom. The van der Waals surface area contributed by atoms with Gasteiger partial charge in [-0.2, -0.15) is 0 Å². The Morgan fingerprint density at radius 1 is 1.22 bits per heavy atom. The van der Waals surface area contributed by atoms with E-state index in [9.17, 15) is 24.1 Å². The van der Waals surface area contributed by atoms with Gasteiger partial charge >= 0.3 is 11.9 Å². The molecule has 8 nitrogen and oxygen atoms in total. The second kappa shape index (κ2) is 8.06. The van der Waals surface area contributed by atoms with Crippen molar-refractivity contribution in [3.8, 4) is 5.75 Å². The number of halogens is 1. The van der Waals surface area contributed by atoms with Gasteiger partial charge in [-0.25, -0.2) is 4.39 Å². The number of methoxy groups -OCH3 is 3. The van der Waals surface area contributed by atoms with Gasteiger partial charge in [0.15, 0.2) is 5.92 Å². The quantitative estimate of drug-likeness (QED) is 0.320. The zero-order chi connectivity index (χ0) is 17.6. The van der Waals surface area contributed by atoms with Crippen molar-refractivity contribution in [2.75, 3.05) is 27.9 Å². The van der Waals surface area contributed by atoms with E-state index < -0.39 is 41.1 Å². The minimum absolute atomic E-state index is 0.177. The monoisotopic (exact) mass is 329 g/mol. The molecule has 126 valence electrons. The van der Waals surface area contributed by atoms with Crippen molar-refractivity contribution in [1.29, 1.82) is 0 Å². The van der Waals surface area contributed by atoms with E-state index in [0.29, 0.717) is 0 Å². The first-order valence-corrected chi connectivity index (χ1v) is 6.46. The van der Waals surface area contributed by atoms with Gasteiger partial charge in [0.2, 0.25) is 6.54 Å². The molecule has 0 aliphatic rings. The Kier molecular flexibility index (Phi) is 6.43. The molecule has 0 saturated carbocycles. The summed E-state index contributed by atoms with van der Waals surface area (Å²) in [5.74, 6) is -5.76. The predicted molar refractivity (Wildman–Crippen MR) is 75.1 cm³/mol. The molecule has 0 heterocycles. The summed E-state index contributed by atoms with van der Waals surface area (Å²) in [4.78, 5) is 33.9. The van der Waals surface area contributed by atoms with Crippen molar-refractivity contribution in [2.45, 2.75) is 5.92 Å². The highest BCUT2D eigenvalue weighted by Crippen LogP contribution is 2.31. The molecule has 0 amide bonds. The Labute approximate surface area is 131 Å². The van der Waals surface area contributed by atoms with Crippen LogP contribution in [0.5, 0.6) is 5.75 Å². The van der Waals surface area contributed by atoms with Gasteiger partial charge in [-0.15, -0.1) is 0 Å². The Balaban J connectivity index is 3.39. The maximum Gasteiger partial charge on any atom is 0.320 e. The maximum atomic E-state index is 14.2. The lowest BCUT2D eigenvalue weighted by molar-refractivity contribution is -0.484. The maximum absolute atomic E-state index is 14.2. The number of hydrogen-bond donors (Lipinski definition) is 0. The second-order valence-electron chi connectivity index (χ2n) is 4.53. The van der Waals surface area contributed by atoms with Gasteiger partial charge in [0.25, 0.3) is 0 Å². The minimum atomic E-state index is -1.65. The van der Waals surface area contributed by atoms with Gasteiger partial charge in [-0.1, -0.05) is 6.07 Å². The van der Waals surface area contributed by atoms with E-state index >= 15 is 0 Å². The van der Waals surface area contributed by atoms with Crippen LogP contribution in [-0.2, 0) is 19.1 Å². The van der Waals surface area contributed by atoms with Gasteiger partial charge in [-0.05, 0) is 11.6 Å². The van der Waals surface area contributed by atoms with E-state index in [0.717, 1.165) is 20.3 Å². The number of carbonyl (C=O) groups excluding carboxylic acids is 2. The minimum Gasteiger partial charge on any atom is -0.497 e. The molecule has 0 unspecified atom stereocenters. The third-order valence-corrected chi connectivity index (χ3v) is 3.27. The molecule has 0 bridgehead atoms. The molecule has 9 heteroatoms. The number of nitrogens with zero attached hydrogens (tertiary/aromatic N) is 1. The highest BCUT2D eigenvalue weighted by atomic mass is 19.1. The number of carbonyl (C=O) groups is 2. The number of esters is 2. The smallest absolute Gasteiger partial charge is 0.320 e. The van der Waals surface area contributed by atoms with E-state index in [-0.39, 0.29) is 11.3 Å². The molecular formula is C14H16FNO7. The topological polar surface area (TPSA) is 105 Å². The van der Waals surface area contributed by atoms with Gasteiger partial charge < -0.3 is 14.2 Å². The molecular weight excluding hydrogens is 313 g/mol. The van der Waals surface area contributed by atoms with Crippen molar-refractivity contribution in [3.63, 3.8) is 0 Å². The van der Waals surface area contributed by atoms with Gasteiger partial charge in [-0.3, -0.25) is 19.7 Å².